The van der Waals surface area contributed by atoms with E-state index >= 15 is 0 Å². The summed E-state index contributed by atoms with van der Waals surface area (Å²) in [4.78, 5) is 16.2. The molecule has 0 aliphatic carbocycles. The van der Waals surface area contributed by atoms with E-state index in [2.05, 4.69) is 15.2 Å². The van der Waals surface area contributed by atoms with Gasteiger partial charge in [0.2, 0.25) is 5.91 Å². The molecule has 0 bridgehead atoms. The van der Waals surface area contributed by atoms with Gasteiger partial charge in [-0.2, -0.15) is 0 Å². The fourth-order valence-corrected chi connectivity index (χ4v) is 3.13. The predicted octanol–water partition coefficient (Wildman–Crippen LogP) is 0.317. The molecule has 0 radical (unpaired) electrons. The molecule has 5 nitrogen and oxygen atoms in total. The van der Waals surface area contributed by atoms with E-state index in [9.17, 15) is 4.79 Å². The van der Waals surface area contributed by atoms with E-state index in [1.807, 2.05) is 0 Å². The fraction of sp³-hybridized carbons (Fsp3) is 0.923. The van der Waals surface area contributed by atoms with Crippen LogP contribution in [0.3, 0.4) is 0 Å². The lowest BCUT2D eigenvalue weighted by atomic mass is 10.1. The molecule has 1 amide bonds. The maximum Gasteiger partial charge on any atom is 0.233 e. The normalized spacial score (nSPS) is 25.1. The zero-order chi connectivity index (χ0) is 12.8. The van der Waals surface area contributed by atoms with Crippen LogP contribution in [-0.4, -0.2) is 54.5 Å². The number of nitrogens with one attached hydrogen (secondary N) is 1. The molecule has 5 heteroatoms. The number of fused-ring (bicyclic) bond motifs is 1. The number of hydrogen-bond donors (Lipinski definition) is 2. The summed E-state index contributed by atoms with van der Waals surface area (Å²) < 4.78 is 0. The average molecular weight is 254 g/mol. The van der Waals surface area contributed by atoms with Crippen molar-refractivity contribution in [3.8, 4) is 0 Å². The summed E-state index contributed by atoms with van der Waals surface area (Å²) in [6, 6.07) is 0.821. The second-order valence-electron chi connectivity index (χ2n) is 5.51. The van der Waals surface area contributed by atoms with Crippen molar-refractivity contribution < 1.29 is 4.79 Å². The third kappa shape index (κ3) is 3.93. The number of nitrogens with two attached hydrogens (primary N) is 1. The van der Waals surface area contributed by atoms with Crippen LogP contribution in [0.25, 0.3) is 0 Å². The zero-order valence-corrected chi connectivity index (χ0v) is 11.2. The van der Waals surface area contributed by atoms with Crippen molar-refractivity contribution in [2.24, 2.45) is 5.84 Å². The number of nitrogens with zero attached hydrogens (tertiary/aromatic N) is 2. The average Bonchev–Trinajstić information content (AvgIpc) is 2.85. The lowest BCUT2D eigenvalue weighted by Crippen LogP contribution is -2.50. The van der Waals surface area contributed by atoms with Crippen LogP contribution < -0.4 is 11.3 Å². The van der Waals surface area contributed by atoms with Crippen molar-refractivity contribution in [2.75, 3.05) is 32.7 Å². The smallest absolute Gasteiger partial charge is 0.233 e. The molecule has 0 aromatic carbocycles. The highest BCUT2D eigenvalue weighted by Crippen LogP contribution is 2.21. The van der Waals surface area contributed by atoms with Crippen molar-refractivity contribution in [1.82, 2.24) is 15.2 Å². The molecule has 2 heterocycles. The highest BCUT2D eigenvalue weighted by molar-refractivity contribution is 5.74. The summed E-state index contributed by atoms with van der Waals surface area (Å²) in [7, 11) is 0. The standard InChI is InChI=1S/C13H26N4O/c14-15-13(18)6-2-1-3-7-16-9-10-17-8-4-5-12(17)11-16/h12H,1-11,14H2,(H,15,18). The third-order valence-corrected chi connectivity index (χ3v) is 4.21. The summed E-state index contributed by atoms with van der Waals surface area (Å²) in [6.07, 6.45) is 6.60. The molecule has 0 saturated carbocycles. The van der Waals surface area contributed by atoms with E-state index in [1.165, 1.54) is 52.0 Å². The Labute approximate surface area is 110 Å². The quantitative estimate of drug-likeness (QED) is 0.310. The molecule has 2 aliphatic rings. The minimum Gasteiger partial charge on any atom is -0.301 e. The molecule has 2 aliphatic heterocycles. The van der Waals surface area contributed by atoms with Crippen molar-refractivity contribution in [2.45, 2.75) is 44.6 Å². The summed E-state index contributed by atoms with van der Waals surface area (Å²) >= 11 is 0. The SMILES string of the molecule is NNC(=O)CCCCCN1CCN2CCCC2C1. The molecule has 2 saturated heterocycles. The minimum atomic E-state index is -0.0467. The van der Waals surface area contributed by atoms with E-state index in [1.54, 1.807) is 0 Å². The summed E-state index contributed by atoms with van der Waals surface area (Å²) in [5.41, 5.74) is 2.18. The molecular formula is C13H26N4O. The molecule has 2 fully saturated rings. The van der Waals surface area contributed by atoms with Crippen LogP contribution in [0.1, 0.15) is 38.5 Å². The fourth-order valence-electron chi connectivity index (χ4n) is 3.13. The van der Waals surface area contributed by atoms with Crippen molar-refractivity contribution in [1.29, 1.82) is 0 Å². The van der Waals surface area contributed by atoms with Gasteiger partial charge in [0.15, 0.2) is 0 Å². The number of hydrogen-bond acceptors (Lipinski definition) is 4. The van der Waals surface area contributed by atoms with Crippen LogP contribution in [0.4, 0.5) is 0 Å². The Bertz CT molecular complexity index is 272. The summed E-state index contributed by atoms with van der Waals surface area (Å²) in [6.45, 7) is 6.23. The number of amides is 1. The van der Waals surface area contributed by atoms with Gasteiger partial charge in [-0.1, -0.05) is 6.42 Å². The molecular weight excluding hydrogens is 228 g/mol. The van der Waals surface area contributed by atoms with Gasteiger partial charge in [0.25, 0.3) is 0 Å². The number of carbonyl (C=O) groups excluding carboxylic acids is 1. The van der Waals surface area contributed by atoms with Gasteiger partial charge in [-0.25, -0.2) is 5.84 Å². The molecule has 3 N–H and O–H groups in total. The Morgan fingerprint density at radius 1 is 1.22 bits per heavy atom. The third-order valence-electron chi connectivity index (χ3n) is 4.21. The lowest BCUT2D eigenvalue weighted by molar-refractivity contribution is -0.121. The second kappa shape index (κ2) is 7.07. The first kappa shape index (κ1) is 13.8. The Balaban J connectivity index is 1.53. The van der Waals surface area contributed by atoms with Gasteiger partial charge >= 0.3 is 0 Å². The Morgan fingerprint density at radius 2 is 2.11 bits per heavy atom. The van der Waals surface area contributed by atoms with Crippen molar-refractivity contribution in [3.63, 3.8) is 0 Å². The maximum atomic E-state index is 10.9. The van der Waals surface area contributed by atoms with E-state index < -0.39 is 0 Å². The number of hydrazine groups is 1. The molecule has 2 rings (SSSR count). The van der Waals surface area contributed by atoms with E-state index in [4.69, 9.17) is 5.84 Å². The van der Waals surface area contributed by atoms with Crippen LogP contribution >= 0.6 is 0 Å². The van der Waals surface area contributed by atoms with Gasteiger partial charge in [0, 0.05) is 32.1 Å². The van der Waals surface area contributed by atoms with E-state index in [0.29, 0.717) is 6.42 Å². The van der Waals surface area contributed by atoms with Gasteiger partial charge in [0.05, 0.1) is 0 Å². The highest BCUT2D eigenvalue weighted by atomic mass is 16.2. The summed E-state index contributed by atoms with van der Waals surface area (Å²) in [5, 5.41) is 0. The first-order chi connectivity index (χ1) is 8.79. The molecule has 0 aromatic heterocycles. The van der Waals surface area contributed by atoms with E-state index in [-0.39, 0.29) is 5.91 Å². The number of carbonyl (C=O) groups is 1. The summed E-state index contributed by atoms with van der Waals surface area (Å²) in [5.74, 6) is 4.99. The molecule has 0 spiro atoms. The van der Waals surface area contributed by atoms with Crippen molar-refractivity contribution >= 4 is 5.91 Å². The van der Waals surface area contributed by atoms with Gasteiger partial charge in [-0.3, -0.25) is 15.1 Å². The van der Waals surface area contributed by atoms with Crippen LogP contribution in [0.5, 0.6) is 0 Å². The number of rotatable bonds is 6. The number of piperazine rings is 1. The molecule has 0 aromatic rings. The highest BCUT2D eigenvalue weighted by Gasteiger charge is 2.29. The Kier molecular flexibility index (Phi) is 5.41. The van der Waals surface area contributed by atoms with Gasteiger partial charge < -0.3 is 4.90 Å². The van der Waals surface area contributed by atoms with E-state index in [0.717, 1.165) is 18.9 Å². The van der Waals surface area contributed by atoms with Crippen molar-refractivity contribution in [3.05, 3.63) is 0 Å². The minimum absolute atomic E-state index is 0.0467. The van der Waals surface area contributed by atoms with Gasteiger partial charge in [-0.15, -0.1) is 0 Å². The largest absolute Gasteiger partial charge is 0.301 e. The first-order valence-electron chi connectivity index (χ1n) is 7.25. The maximum absolute atomic E-state index is 10.9. The van der Waals surface area contributed by atoms with Crippen LogP contribution in [-0.2, 0) is 4.79 Å². The first-order valence-corrected chi connectivity index (χ1v) is 7.25. The Hall–Kier alpha value is -0.650. The molecule has 18 heavy (non-hydrogen) atoms. The zero-order valence-electron chi connectivity index (χ0n) is 11.2. The van der Waals surface area contributed by atoms with Crippen LogP contribution in [0.15, 0.2) is 0 Å². The monoisotopic (exact) mass is 254 g/mol. The van der Waals surface area contributed by atoms with Crippen LogP contribution in [0.2, 0.25) is 0 Å². The van der Waals surface area contributed by atoms with Crippen LogP contribution in [0, 0.1) is 0 Å². The van der Waals surface area contributed by atoms with Gasteiger partial charge in [-0.05, 0) is 38.8 Å². The predicted molar refractivity (Wildman–Crippen MR) is 71.8 cm³/mol. The molecule has 1 atom stereocenters. The molecule has 104 valence electrons. The van der Waals surface area contributed by atoms with Gasteiger partial charge in [0.1, 0.15) is 0 Å². The lowest BCUT2D eigenvalue weighted by Gasteiger charge is -2.37. The topological polar surface area (TPSA) is 61.6 Å². The second-order valence-corrected chi connectivity index (χ2v) is 5.51. The Morgan fingerprint density at radius 3 is 2.94 bits per heavy atom. The number of unbranched alkanes of at least 4 members (excludes halogenated alkanes) is 2. The molecule has 1 unspecified atom stereocenters.